The molecule has 0 radical (unpaired) electrons. The van der Waals surface area contributed by atoms with Crippen LogP contribution in [0.4, 0.5) is 0 Å². The predicted molar refractivity (Wildman–Crippen MR) is 102 cm³/mol. The first-order valence-electron chi connectivity index (χ1n) is 9.12. The van der Waals surface area contributed by atoms with Crippen LogP contribution in [-0.2, 0) is 30.6 Å². The molecule has 10 heteroatoms. The summed E-state index contributed by atoms with van der Waals surface area (Å²) in [5.74, 6) is -0.972. The van der Waals surface area contributed by atoms with Gasteiger partial charge >= 0.3 is 5.97 Å². The summed E-state index contributed by atoms with van der Waals surface area (Å²) < 4.78 is 29.6. The van der Waals surface area contributed by atoms with E-state index in [-0.39, 0.29) is 17.9 Å². The molecule has 2 aromatic rings. The van der Waals surface area contributed by atoms with E-state index < -0.39 is 34.4 Å². The molecule has 1 N–H and O–H groups in total. The number of carbonyl (C=O) groups is 2. The van der Waals surface area contributed by atoms with Crippen LogP contribution in [0.5, 0.6) is 0 Å². The lowest BCUT2D eigenvalue weighted by atomic mass is 10.1. The lowest BCUT2D eigenvalue weighted by Crippen LogP contribution is -2.38. The average Bonchev–Trinajstić information content (AvgIpc) is 3.14. The van der Waals surface area contributed by atoms with Crippen molar-refractivity contribution in [2.75, 3.05) is 18.1 Å². The van der Waals surface area contributed by atoms with Crippen molar-refractivity contribution in [3.8, 4) is 0 Å². The zero-order valence-corrected chi connectivity index (χ0v) is 17.0. The summed E-state index contributed by atoms with van der Waals surface area (Å²) in [6, 6.07) is 1.49. The van der Waals surface area contributed by atoms with Crippen LogP contribution in [-0.4, -0.2) is 59.0 Å². The maximum atomic E-state index is 12.0. The molecule has 0 bridgehead atoms. The number of fused-ring (bicyclic) bond motifs is 1. The first kappa shape index (κ1) is 20.2. The number of nitrogens with zero attached hydrogens (tertiary/aromatic N) is 3. The summed E-state index contributed by atoms with van der Waals surface area (Å²) in [5.41, 5.74) is 4.31. The molecule has 152 valence electrons. The Morgan fingerprint density at radius 1 is 1.32 bits per heavy atom. The minimum atomic E-state index is -3.07. The molecule has 0 unspecified atom stereocenters. The summed E-state index contributed by atoms with van der Waals surface area (Å²) >= 11 is 0. The molecule has 0 aliphatic carbocycles. The molecule has 0 saturated carbocycles. The van der Waals surface area contributed by atoms with Crippen LogP contribution in [0, 0.1) is 20.8 Å². The first-order chi connectivity index (χ1) is 13.1. The third-order valence-corrected chi connectivity index (χ3v) is 6.60. The Balaban J connectivity index is 1.50. The van der Waals surface area contributed by atoms with E-state index in [2.05, 4.69) is 15.4 Å². The Labute approximate surface area is 163 Å². The van der Waals surface area contributed by atoms with Crippen LogP contribution in [0.25, 0.3) is 5.65 Å². The highest BCUT2D eigenvalue weighted by molar-refractivity contribution is 7.91. The van der Waals surface area contributed by atoms with Gasteiger partial charge in [-0.2, -0.15) is 5.10 Å². The standard InChI is InChI=1S/C18H24N4O5S/c1-11-8-16-19-12(2)15(13(3)22(16)21-11)4-5-18(24)27-9-17(23)20-14-6-7-28(25,26)10-14/h8,14H,4-7,9-10H2,1-3H3,(H,20,23)/t14-/m1/s1. The molecule has 3 rings (SSSR count). The lowest BCUT2D eigenvalue weighted by Gasteiger charge is -2.12. The Kier molecular flexibility index (Phi) is 5.69. The zero-order valence-electron chi connectivity index (χ0n) is 16.2. The molecular weight excluding hydrogens is 384 g/mol. The van der Waals surface area contributed by atoms with Gasteiger partial charge in [-0.25, -0.2) is 17.9 Å². The van der Waals surface area contributed by atoms with E-state index in [0.717, 1.165) is 28.3 Å². The van der Waals surface area contributed by atoms with E-state index in [4.69, 9.17) is 4.74 Å². The largest absolute Gasteiger partial charge is 0.456 e. The normalized spacial score (nSPS) is 18.3. The maximum Gasteiger partial charge on any atom is 0.306 e. The van der Waals surface area contributed by atoms with Crippen molar-refractivity contribution in [3.63, 3.8) is 0 Å². The molecule has 1 saturated heterocycles. The van der Waals surface area contributed by atoms with Gasteiger partial charge in [-0.15, -0.1) is 0 Å². The van der Waals surface area contributed by atoms with Crippen molar-refractivity contribution in [2.24, 2.45) is 0 Å². The number of esters is 1. The van der Waals surface area contributed by atoms with Gasteiger partial charge in [-0.05, 0) is 39.2 Å². The molecule has 1 fully saturated rings. The fourth-order valence-corrected chi connectivity index (χ4v) is 5.10. The number of aromatic nitrogens is 3. The fraction of sp³-hybridized carbons (Fsp3) is 0.556. The molecule has 1 amide bonds. The van der Waals surface area contributed by atoms with Crippen molar-refractivity contribution in [2.45, 2.75) is 46.1 Å². The van der Waals surface area contributed by atoms with Crippen LogP contribution in [0.3, 0.4) is 0 Å². The highest BCUT2D eigenvalue weighted by atomic mass is 32.2. The second kappa shape index (κ2) is 7.86. The van der Waals surface area contributed by atoms with E-state index in [1.165, 1.54) is 0 Å². The Morgan fingerprint density at radius 2 is 2.07 bits per heavy atom. The lowest BCUT2D eigenvalue weighted by molar-refractivity contribution is -0.148. The van der Waals surface area contributed by atoms with E-state index >= 15 is 0 Å². The van der Waals surface area contributed by atoms with Crippen molar-refractivity contribution < 1.29 is 22.7 Å². The van der Waals surface area contributed by atoms with Crippen molar-refractivity contribution >= 4 is 27.4 Å². The fourth-order valence-electron chi connectivity index (χ4n) is 3.43. The average molecular weight is 408 g/mol. The number of amides is 1. The van der Waals surface area contributed by atoms with Gasteiger partial charge in [0.05, 0.1) is 17.2 Å². The van der Waals surface area contributed by atoms with Gasteiger partial charge in [-0.1, -0.05) is 0 Å². The molecule has 1 aliphatic rings. The number of hydrogen-bond acceptors (Lipinski definition) is 7. The molecule has 3 heterocycles. The highest BCUT2D eigenvalue weighted by Crippen LogP contribution is 2.17. The van der Waals surface area contributed by atoms with Gasteiger partial charge < -0.3 is 10.1 Å². The van der Waals surface area contributed by atoms with Crippen LogP contribution >= 0.6 is 0 Å². The summed E-state index contributed by atoms with van der Waals surface area (Å²) in [4.78, 5) is 28.4. The number of rotatable bonds is 6. The summed E-state index contributed by atoms with van der Waals surface area (Å²) in [5, 5.41) is 6.99. The summed E-state index contributed by atoms with van der Waals surface area (Å²) in [7, 11) is -3.07. The molecular formula is C18H24N4O5S. The third-order valence-electron chi connectivity index (χ3n) is 4.83. The monoisotopic (exact) mass is 408 g/mol. The predicted octanol–water partition coefficient (Wildman–Crippen LogP) is 0.434. The second-order valence-electron chi connectivity index (χ2n) is 7.15. The number of carbonyl (C=O) groups excluding carboxylic acids is 2. The molecule has 1 aliphatic heterocycles. The zero-order chi connectivity index (χ0) is 20.5. The minimum absolute atomic E-state index is 0.0619. The SMILES string of the molecule is Cc1cc2nc(C)c(CCC(=O)OCC(=O)N[C@@H]3CCS(=O)(=O)C3)c(C)n2n1. The van der Waals surface area contributed by atoms with E-state index in [9.17, 15) is 18.0 Å². The van der Waals surface area contributed by atoms with Gasteiger partial charge in [0.25, 0.3) is 5.91 Å². The number of sulfone groups is 1. The van der Waals surface area contributed by atoms with Gasteiger partial charge in [0.1, 0.15) is 0 Å². The van der Waals surface area contributed by atoms with Crippen LogP contribution in [0.1, 0.15) is 35.5 Å². The number of ether oxygens (including phenoxy) is 1. The van der Waals surface area contributed by atoms with Crippen molar-refractivity contribution in [1.29, 1.82) is 0 Å². The molecule has 1 atom stereocenters. The first-order valence-corrected chi connectivity index (χ1v) is 10.9. The highest BCUT2D eigenvalue weighted by Gasteiger charge is 2.29. The van der Waals surface area contributed by atoms with E-state index in [1.54, 1.807) is 4.52 Å². The number of nitrogens with one attached hydrogen (secondary N) is 1. The second-order valence-corrected chi connectivity index (χ2v) is 9.37. The topological polar surface area (TPSA) is 120 Å². The van der Waals surface area contributed by atoms with Crippen LogP contribution in [0.15, 0.2) is 6.07 Å². The van der Waals surface area contributed by atoms with Crippen molar-refractivity contribution in [3.05, 3.63) is 28.7 Å². The van der Waals surface area contributed by atoms with Gasteiger partial charge in [0, 0.05) is 29.9 Å². The molecule has 28 heavy (non-hydrogen) atoms. The van der Waals surface area contributed by atoms with Crippen LogP contribution in [0.2, 0.25) is 0 Å². The maximum absolute atomic E-state index is 12.0. The smallest absolute Gasteiger partial charge is 0.306 e. The van der Waals surface area contributed by atoms with Gasteiger partial charge in [-0.3, -0.25) is 9.59 Å². The number of hydrogen-bond donors (Lipinski definition) is 1. The quantitative estimate of drug-likeness (QED) is 0.689. The molecule has 0 spiro atoms. The summed E-state index contributed by atoms with van der Waals surface area (Å²) in [6.45, 7) is 5.30. The summed E-state index contributed by atoms with van der Waals surface area (Å²) in [6.07, 6.45) is 0.935. The molecule has 2 aromatic heterocycles. The minimum Gasteiger partial charge on any atom is -0.456 e. The Morgan fingerprint density at radius 3 is 2.75 bits per heavy atom. The Hall–Kier alpha value is -2.49. The van der Waals surface area contributed by atoms with Gasteiger partial charge in [0.15, 0.2) is 22.1 Å². The van der Waals surface area contributed by atoms with Crippen LogP contribution < -0.4 is 5.32 Å². The molecule has 9 nitrogen and oxygen atoms in total. The van der Waals surface area contributed by atoms with Crippen molar-refractivity contribution in [1.82, 2.24) is 19.9 Å². The number of aryl methyl sites for hydroxylation is 3. The Bertz CT molecular complexity index is 1030. The third kappa shape index (κ3) is 4.67. The van der Waals surface area contributed by atoms with E-state index in [0.29, 0.717) is 12.8 Å². The van der Waals surface area contributed by atoms with Gasteiger partial charge in [0.2, 0.25) is 0 Å². The molecule has 0 aromatic carbocycles. The van der Waals surface area contributed by atoms with E-state index in [1.807, 2.05) is 26.8 Å².